The Morgan fingerprint density at radius 1 is 1.12 bits per heavy atom. The molecule has 1 fully saturated rings. The zero-order valence-corrected chi connectivity index (χ0v) is 19.0. The van der Waals surface area contributed by atoms with Crippen LogP contribution in [0.3, 0.4) is 0 Å². The minimum Gasteiger partial charge on any atom is -0.497 e. The Morgan fingerprint density at radius 2 is 1.88 bits per heavy atom. The van der Waals surface area contributed by atoms with Crippen molar-refractivity contribution in [2.45, 2.75) is 11.4 Å². The van der Waals surface area contributed by atoms with Crippen LogP contribution in [0.4, 0.5) is 5.69 Å². The third-order valence-electron chi connectivity index (χ3n) is 5.27. The fourth-order valence-corrected chi connectivity index (χ4v) is 5.83. The lowest BCUT2D eigenvalue weighted by Gasteiger charge is -2.33. The highest BCUT2D eigenvalue weighted by molar-refractivity contribution is 7.89. The molecule has 2 heterocycles. The van der Waals surface area contributed by atoms with Crippen molar-refractivity contribution < 1.29 is 18.1 Å². The van der Waals surface area contributed by atoms with E-state index in [4.69, 9.17) is 9.72 Å². The van der Waals surface area contributed by atoms with E-state index < -0.39 is 14.9 Å². The minimum absolute atomic E-state index is 0.0528. The summed E-state index contributed by atoms with van der Waals surface area (Å²) >= 11 is 1.57. The summed E-state index contributed by atoms with van der Waals surface area (Å²) in [5.74, 6) is 0.776. The molecule has 0 N–H and O–H groups in total. The van der Waals surface area contributed by atoms with Crippen molar-refractivity contribution in [3.8, 4) is 17.0 Å². The molecule has 0 saturated carbocycles. The summed E-state index contributed by atoms with van der Waals surface area (Å²) in [6, 6.07) is 12.9. The number of thiazole rings is 1. The average molecular weight is 475 g/mol. The van der Waals surface area contributed by atoms with Crippen molar-refractivity contribution >= 4 is 27.0 Å². The second-order valence-corrected chi connectivity index (χ2v) is 10.2. The molecule has 2 aromatic carbocycles. The number of piperazine rings is 1. The number of sulfonamides is 1. The van der Waals surface area contributed by atoms with Gasteiger partial charge in [-0.25, -0.2) is 13.4 Å². The molecule has 4 rings (SSSR count). The van der Waals surface area contributed by atoms with Gasteiger partial charge in [-0.15, -0.1) is 11.3 Å². The summed E-state index contributed by atoms with van der Waals surface area (Å²) in [4.78, 5) is 17.2. The highest BCUT2D eigenvalue weighted by atomic mass is 32.2. The van der Waals surface area contributed by atoms with E-state index in [9.17, 15) is 18.5 Å². The molecule has 3 aromatic rings. The zero-order valence-electron chi connectivity index (χ0n) is 17.4. The molecule has 1 aromatic heterocycles. The van der Waals surface area contributed by atoms with Gasteiger partial charge in [0, 0.05) is 49.3 Å². The third-order valence-corrected chi connectivity index (χ3v) is 8.00. The van der Waals surface area contributed by atoms with Gasteiger partial charge in [0.05, 0.1) is 29.2 Å². The molecule has 0 aliphatic carbocycles. The number of ether oxygens (including phenoxy) is 1. The quantitative estimate of drug-likeness (QED) is 0.382. The molecule has 9 nitrogen and oxygen atoms in total. The van der Waals surface area contributed by atoms with E-state index in [1.54, 1.807) is 18.4 Å². The topological polar surface area (TPSA) is 106 Å². The summed E-state index contributed by atoms with van der Waals surface area (Å²) < 4.78 is 32.5. The Hall–Kier alpha value is -2.86. The Balaban J connectivity index is 1.39. The molecule has 168 valence electrons. The molecule has 32 heavy (non-hydrogen) atoms. The average Bonchev–Trinajstić information content (AvgIpc) is 3.28. The van der Waals surface area contributed by atoms with E-state index in [1.807, 2.05) is 29.6 Å². The number of hydrogen-bond donors (Lipinski definition) is 0. The molecular weight excluding hydrogens is 452 g/mol. The molecule has 1 saturated heterocycles. The number of methoxy groups -OCH3 is 1. The van der Waals surface area contributed by atoms with Crippen LogP contribution in [0, 0.1) is 10.1 Å². The summed E-state index contributed by atoms with van der Waals surface area (Å²) in [7, 11) is -2.15. The van der Waals surface area contributed by atoms with Gasteiger partial charge in [-0.05, 0) is 18.2 Å². The van der Waals surface area contributed by atoms with E-state index in [-0.39, 0.29) is 10.6 Å². The highest BCUT2D eigenvalue weighted by Gasteiger charge is 2.29. The molecule has 1 aliphatic rings. The first-order valence-corrected chi connectivity index (χ1v) is 12.2. The van der Waals surface area contributed by atoms with Crippen LogP contribution >= 0.6 is 11.3 Å². The second kappa shape index (κ2) is 9.33. The van der Waals surface area contributed by atoms with Crippen LogP contribution in [-0.4, -0.2) is 60.8 Å². The first-order chi connectivity index (χ1) is 15.4. The second-order valence-electron chi connectivity index (χ2n) is 7.29. The van der Waals surface area contributed by atoms with Crippen molar-refractivity contribution in [3.63, 3.8) is 0 Å². The van der Waals surface area contributed by atoms with Crippen molar-refractivity contribution in [3.05, 3.63) is 69.0 Å². The molecule has 0 atom stereocenters. The zero-order chi connectivity index (χ0) is 22.7. The third kappa shape index (κ3) is 4.80. The molecule has 11 heteroatoms. The summed E-state index contributed by atoms with van der Waals surface area (Å²) in [5.41, 5.74) is 1.64. The van der Waals surface area contributed by atoms with E-state index >= 15 is 0 Å². The normalized spacial score (nSPS) is 15.5. The first-order valence-electron chi connectivity index (χ1n) is 9.92. The largest absolute Gasteiger partial charge is 0.497 e. The van der Waals surface area contributed by atoms with Crippen LogP contribution in [0.25, 0.3) is 11.3 Å². The Kier molecular flexibility index (Phi) is 6.51. The van der Waals surface area contributed by atoms with Crippen LogP contribution in [0.1, 0.15) is 5.01 Å². The lowest BCUT2D eigenvalue weighted by molar-refractivity contribution is -0.385. The summed E-state index contributed by atoms with van der Waals surface area (Å²) in [5, 5.41) is 13.9. The fraction of sp³-hybridized carbons (Fsp3) is 0.286. The Bertz CT molecular complexity index is 1220. The van der Waals surface area contributed by atoms with Gasteiger partial charge in [0.2, 0.25) is 10.0 Å². The van der Waals surface area contributed by atoms with Crippen molar-refractivity contribution in [1.82, 2.24) is 14.2 Å². The maximum atomic E-state index is 12.9. The van der Waals surface area contributed by atoms with Gasteiger partial charge >= 0.3 is 0 Å². The summed E-state index contributed by atoms with van der Waals surface area (Å²) in [6.07, 6.45) is 0. The molecule has 0 unspecified atom stereocenters. The van der Waals surface area contributed by atoms with Gasteiger partial charge in [-0.3, -0.25) is 15.0 Å². The van der Waals surface area contributed by atoms with E-state index in [1.165, 1.54) is 22.5 Å². The molecule has 0 spiro atoms. The first kappa shape index (κ1) is 22.3. The maximum absolute atomic E-state index is 12.9. The van der Waals surface area contributed by atoms with E-state index in [2.05, 4.69) is 4.90 Å². The maximum Gasteiger partial charge on any atom is 0.270 e. The number of aromatic nitrogens is 1. The number of non-ortho nitro benzene ring substituents is 1. The van der Waals surface area contributed by atoms with Crippen molar-refractivity contribution in [2.75, 3.05) is 33.3 Å². The lowest BCUT2D eigenvalue weighted by atomic mass is 10.2. The van der Waals surface area contributed by atoms with Gasteiger partial charge in [0.15, 0.2) is 0 Å². The molecular formula is C21H22N4O5S2. The molecule has 0 bridgehead atoms. The molecule has 0 amide bonds. The number of benzene rings is 2. The van der Waals surface area contributed by atoms with Crippen LogP contribution in [0.2, 0.25) is 0 Å². The Morgan fingerprint density at radius 3 is 2.59 bits per heavy atom. The van der Waals surface area contributed by atoms with Gasteiger partial charge in [-0.1, -0.05) is 18.2 Å². The number of rotatable bonds is 7. The Labute approximate surface area is 190 Å². The van der Waals surface area contributed by atoms with Gasteiger partial charge in [-0.2, -0.15) is 4.31 Å². The monoisotopic (exact) mass is 474 g/mol. The van der Waals surface area contributed by atoms with Crippen LogP contribution in [-0.2, 0) is 16.6 Å². The standard InChI is InChI=1S/C21H22N4O5S2/c1-30-18-6-2-4-16(12-18)20-15-31-21(22-20)14-23-8-10-24(11-9-23)32(28,29)19-7-3-5-17(13-19)25(26)27/h2-7,12-13,15H,8-11,14H2,1H3. The van der Waals surface area contributed by atoms with E-state index in [0.29, 0.717) is 32.7 Å². The summed E-state index contributed by atoms with van der Waals surface area (Å²) in [6.45, 7) is 2.39. The lowest BCUT2D eigenvalue weighted by Crippen LogP contribution is -2.48. The number of nitro benzene ring substituents is 1. The van der Waals surface area contributed by atoms with Gasteiger partial charge < -0.3 is 4.74 Å². The minimum atomic E-state index is -3.78. The van der Waals surface area contributed by atoms with Gasteiger partial charge in [0.1, 0.15) is 10.8 Å². The van der Waals surface area contributed by atoms with Crippen LogP contribution in [0.5, 0.6) is 5.75 Å². The number of nitrogens with zero attached hydrogens (tertiary/aromatic N) is 4. The SMILES string of the molecule is COc1cccc(-c2csc(CN3CCN(S(=O)(=O)c4cccc([N+](=O)[O-])c4)CC3)n2)c1. The van der Waals surface area contributed by atoms with Gasteiger partial charge in [0.25, 0.3) is 5.69 Å². The van der Waals surface area contributed by atoms with Crippen LogP contribution in [0.15, 0.2) is 58.8 Å². The van der Waals surface area contributed by atoms with Crippen molar-refractivity contribution in [1.29, 1.82) is 0 Å². The molecule has 1 aliphatic heterocycles. The number of nitro groups is 1. The van der Waals surface area contributed by atoms with Crippen molar-refractivity contribution in [2.24, 2.45) is 0 Å². The predicted molar refractivity (Wildman–Crippen MR) is 121 cm³/mol. The fourth-order valence-electron chi connectivity index (χ4n) is 3.52. The predicted octanol–water partition coefficient (Wildman–Crippen LogP) is 3.23. The van der Waals surface area contributed by atoms with E-state index in [0.717, 1.165) is 28.1 Å². The molecule has 0 radical (unpaired) electrons. The van der Waals surface area contributed by atoms with Crippen LogP contribution < -0.4 is 4.74 Å². The highest BCUT2D eigenvalue weighted by Crippen LogP contribution is 2.27. The smallest absolute Gasteiger partial charge is 0.270 e. The number of hydrogen-bond acceptors (Lipinski definition) is 8.